The average molecular weight is 424 g/mol. The van der Waals surface area contributed by atoms with Gasteiger partial charge in [0.05, 0.1) is 23.5 Å². The van der Waals surface area contributed by atoms with Gasteiger partial charge in [0.15, 0.2) is 6.61 Å². The lowest BCUT2D eigenvalue weighted by molar-refractivity contribution is -0.126. The number of amides is 2. The molecule has 1 aromatic heterocycles. The van der Waals surface area contributed by atoms with Crippen LogP contribution in [0.2, 0.25) is 0 Å². The molecule has 8 nitrogen and oxygen atoms in total. The molecule has 2 N–H and O–H groups in total. The number of rotatable bonds is 7. The summed E-state index contributed by atoms with van der Waals surface area (Å²) in [5.41, 5.74) is 3.33. The molecule has 0 radical (unpaired) electrons. The molecule has 0 aliphatic carbocycles. The van der Waals surface area contributed by atoms with E-state index < -0.39 is 30.2 Å². The highest BCUT2D eigenvalue weighted by molar-refractivity contribution is 5.95. The minimum absolute atomic E-state index is 0.284. The fourth-order valence-electron chi connectivity index (χ4n) is 2.81. The number of aromatic nitrogens is 2. The Labute approximate surface area is 178 Å². The standard InChI is InChI=1S/C22H21FN4O4/c1-14-11-15(2)27(26-14)19-9-3-16(4-10-19)22(30)31-13-21(29)24-12-20(28)25-18-7-5-17(23)6-8-18/h3-11H,12-13H2,1-2H3,(H,24,29)(H,25,28). The van der Waals surface area contributed by atoms with E-state index >= 15 is 0 Å². The molecule has 160 valence electrons. The summed E-state index contributed by atoms with van der Waals surface area (Å²) in [5.74, 6) is -2.20. The van der Waals surface area contributed by atoms with Crippen molar-refractivity contribution in [3.63, 3.8) is 0 Å². The molecule has 0 aliphatic rings. The summed E-state index contributed by atoms with van der Waals surface area (Å²) >= 11 is 0. The SMILES string of the molecule is Cc1cc(C)n(-c2ccc(C(=O)OCC(=O)NCC(=O)Nc3ccc(F)cc3)cc2)n1. The largest absolute Gasteiger partial charge is 0.452 e. The number of esters is 1. The van der Waals surface area contributed by atoms with Gasteiger partial charge in [-0.1, -0.05) is 0 Å². The van der Waals surface area contributed by atoms with E-state index in [1.54, 1.807) is 28.9 Å². The van der Waals surface area contributed by atoms with Crippen LogP contribution in [0.5, 0.6) is 0 Å². The third kappa shape index (κ3) is 5.99. The highest BCUT2D eigenvalue weighted by atomic mass is 19.1. The lowest BCUT2D eigenvalue weighted by atomic mass is 10.2. The number of carbonyl (C=O) groups is 3. The van der Waals surface area contributed by atoms with Crippen molar-refractivity contribution in [2.45, 2.75) is 13.8 Å². The maximum atomic E-state index is 12.9. The van der Waals surface area contributed by atoms with Crippen molar-refractivity contribution in [2.75, 3.05) is 18.5 Å². The number of nitrogens with zero attached hydrogens (tertiary/aromatic N) is 2. The number of hydrogen-bond donors (Lipinski definition) is 2. The quantitative estimate of drug-likeness (QED) is 0.568. The fraction of sp³-hybridized carbons (Fsp3) is 0.182. The van der Waals surface area contributed by atoms with Crippen molar-refractivity contribution in [1.82, 2.24) is 15.1 Å². The van der Waals surface area contributed by atoms with Gasteiger partial charge in [-0.15, -0.1) is 0 Å². The third-order valence-electron chi connectivity index (χ3n) is 4.27. The lowest BCUT2D eigenvalue weighted by Gasteiger charge is -2.08. The van der Waals surface area contributed by atoms with Crippen LogP contribution in [-0.4, -0.2) is 40.7 Å². The molecule has 0 bridgehead atoms. The Morgan fingerprint density at radius 2 is 1.68 bits per heavy atom. The molecule has 0 atom stereocenters. The van der Waals surface area contributed by atoms with Gasteiger partial charge in [-0.05, 0) is 68.4 Å². The number of aryl methyl sites for hydroxylation is 2. The van der Waals surface area contributed by atoms with Crippen LogP contribution in [-0.2, 0) is 14.3 Å². The molecule has 0 unspecified atom stereocenters. The molecule has 1 heterocycles. The van der Waals surface area contributed by atoms with Crippen molar-refractivity contribution >= 4 is 23.5 Å². The minimum Gasteiger partial charge on any atom is -0.452 e. The maximum Gasteiger partial charge on any atom is 0.338 e. The number of hydrogen-bond acceptors (Lipinski definition) is 5. The van der Waals surface area contributed by atoms with E-state index in [1.807, 2.05) is 19.9 Å². The summed E-state index contributed by atoms with van der Waals surface area (Å²) in [6.07, 6.45) is 0. The van der Waals surface area contributed by atoms with E-state index in [4.69, 9.17) is 4.74 Å². The Kier molecular flexibility index (Phi) is 6.76. The van der Waals surface area contributed by atoms with Crippen LogP contribution in [0.4, 0.5) is 10.1 Å². The topological polar surface area (TPSA) is 102 Å². The summed E-state index contributed by atoms with van der Waals surface area (Å²) in [6.45, 7) is 2.99. The van der Waals surface area contributed by atoms with Gasteiger partial charge in [0.1, 0.15) is 5.82 Å². The van der Waals surface area contributed by atoms with Gasteiger partial charge in [-0.2, -0.15) is 5.10 Å². The highest BCUT2D eigenvalue weighted by Crippen LogP contribution is 2.13. The minimum atomic E-state index is -0.661. The zero-order valence-corrected chi connectivity index (χ0v) is 17.0. The first kappa shape index (κ1) is 21.7. The molecule has 2 aromatic carbocycles. The maximum absolute atomic E-state index is 12.9. The van der Waals surface area contributed by atoms with Crippen molar-refractivity contribution in [3.8, 4) is 5.69 Å². The lowest BCUT2D eigenvalue weighted by Crippen LogP contribution is -2.35. The Morgan fingerprint density at radius 1 is 1.00 bits per heavy atom. The molecule has 0 saturated carbocycles. The number of benzene rings is 2. The van der Waals surface area contributed by atoms with E-state index in [-0.39, 0.29) is 12.1 Å². The van der Waals surface area contributed by atoms with Gasteiger partial charge in [0.2, 0.25) is 5.91 Å². The average Bonchev–Trinajstić information content (AvgIpc) is 3.10. The Bertz CT molecular complexity index is 1090. The monoisotopic (exact) mass is 424 g/mol. The summed E-state index contributed by atoms with van der Waals surface area (Å²) in [7, 11) is 0. The first-order chi connectivity index (χ1) is 14.8. The first-order valence-electron chi connectivity index (χ1n) is 9.45. The summed E-state index contributed by atoms with van der Waals surface area (Å²) in [5, 5.41) is 9.23. The predicted octanol–water partition coefficient (Wildman–Crippen LogP) is 2.54. The predicted molar refractivity (Wildman–Crippen MR) is 111 cm³/mol. The number of nitrogens with one attached hydrogen (secondary N) is 2. The van der Waals surface area contributed by atoms with Crippen molar-refractivity contribution in [2.24, 2.45) is 0 Å². The number of ether oxygens (including phenoxy) is 1. The molecule has 3 rings (SSSR count). The van der Waals surface area contributed by atoms with Crippen LogP contribution < -0.4 is 10.6 Å². The molecule has 0 saturated heterocycles. The summed E-state index contributed by atoms with van der Waals surface area (Å²) in [6, 6.07) is 13.8. The second kappa shape index (κ2) is 9.66. The highest BCUT2D eigenvalue weighted by Gasteiger charge is 2.12. The molecule has 2 amide bonds. The number of halogens is 1. The van der Waals surface area contributed by atoms with E-state index in [1.165, 1.54) is 24.3 Å². The molecule has 0 aliphatic heterocycles. The second-order valence-corrected chi connectivity index (χ2v) is 6.79. The van der Waals surface area contributed by atoms with Crippen molar-refractivity contribution in [1.29, 1.82) is 0 Å². The van der Waals surface area contributed by atoms with Crippen LogP contribution in [0.3, 0.4) is 0 Å². The van der Waals surface area contributed by atoms with E-state index in [0.717, 1.165) is 17.1 Å². The summed E-state index contributed by atoms with van der Waals surface area (Å²) in [4.78, 5) is 35.8. The zero-order chi connectivity index (χ0) is 22.4. The van der Waals surface area contributed by atoms with Gasteiger partial charge >= 0.3 is 5.97 Å². The Morgan fingerprint density at radius 3 is 2.29 bits per heavy atom. The van der Waals surface area contributed by atoms with Gasteiger partial charge in [-0.3, -0.25) is 9.59 Å². The second-order valence-electron chi connectivity index (χ2n) is 6.79. The van der Waals surface area contributed by atoms with Crippen LogP contribution in [0, 0.1) is 19.7 Å². The van der Waals surface area contributed by atoms with Crippen LogP contribution in [0.15, 0.2) is 54.6 Å². The smallest absolute Gasteiger partial charge is 0.338 e. The van der Waals surface area contributed by atoms with Gasteiger partial charge in [0, 0.05) is 11.4 Å². The zero-order valence-electron chi connectivity index (χ0n) is 17.0. The Hall–Kier alpha value is -4.01. The molecule has 9 heteroatoms. The number of carbonyl (C=O) groups excluding carboxylic acids is 3. The third-order valence-corrected chi connectivity index (χ3v) is 4.27. The van der Waals surface area contributed by atoms with E-state index in [0.29, 0.717) is 5.69 Å². The molecule has 3 aromatic rings. The summed E-state index contributed by atoms with van der Waals surface area (Å²) < 4.78 is 19.6. The first-order valence-corrected chi connectivity index (χ1v) is 9.45. The molecular weight excluding hydrogens is 403 g/mol. The van der Waals surface area contributed by atoms with Crippen molar-refractivity contribution < 1.29 is 23.5 Å². The van der Waals surface area contributed by atoms with Gasteiger partial charge in [0.25, 0.3) is 5.91 Å². The van der Waals surface area contributed by atoms with Crippen molar-refractivity contribution in [3.05, 3.63) is 77.4 Å². The van der Waals surface area contributed by atoms with Gasteiger partial charge in [-0.25, -0.2) is 13.9 Å². The Balaban J connectivity index is 1.44. The van der Waals surface area contributed by atoms with Crippen LogP contribution in [0.1, 0.15) is 21.7 Å². The molecular formula is C22H21FN4O4. The normalized spacial score (nSPS) is 10.4. The molecule has 31 heavy (non-hydrogen) atoms. The number of anilines is 1. The van der Waals surface area contributed by atoms with Gasteiger partial charge < -0.3 is 15.4 Å². The molecule has 0 spiro atoms. The van der Waals surface area contributed by atoms with E-state index in [2.05, 4.69) is 15.7 Å². The van der Waals surface area contributed by atoms with Crippen LogP contribution >= 0.6 is 0 Å². The fourth-order valence-corrected chi connectivity index (χ4v) is 2.81. The van der Waals surface area contributed by atoms with Crippen LogP contribution in [0.25, 0.3) is 5.69 Å². The molecule has 0 fully saturated rings. The van der Waals surface area contributed by atoms with E-state index in [9.17, 15) is 18.8 Å².